The molecule has 0 aliphatic rings. The normalized spacial score (nSPS) is 11.9. The second-order valence-electron chi connectivity index (χ2n) is 3.27. The standard InChI is InChI=1S/C11H16N2O3/c1-13-10(11(12)14)7-4-8(15-2)6-9(5-7)16-3/h4-6,10,13H,1-3H3,(H2,12,14). The van der Waals surface area contributed by atoms with E-state index in [-0.39, 0.29) is 0 Å². The molecular weight excluding hydrogens is 208 g/mol. The lowest BCUT2D eigenvalue weighted by atomic mass is 10.1. The quantitative estimate of drug-likeness (QED) is 0.761. The van der Waals surface area contributed by atoms with Crippen molar-refractivity contribution in [1.82, 2.24) is 5.32 Å². The van der Waals surface area contributed by atoms with Crippen LogP contribution in [0.15, 0.2) is 18.2 Å². The third kappa shape index (κ3) is 2.64. The highest BCUT2D eigenvalue weighted by atomic mass is 16.5. The minimum atomic E-state index is -0.552. The number of likely N-dealkylation sites (N-methyl/N-ethyl adjacent to an activating group) is 1. The Morgan fingerprint density at radius 1 is 1.25 bits per heavy atom. The molecular formula is C11H16N2O3. The van der Waals surface area contributed by atoms with Gasteiger partial charge in [0.15, 0.2) is 0 Å². The number of ether oxygens (including phenoxy) is 2. The van der Waals surface area contributed by atoms with Crippen molar-refractivity contribution in [3.63, 3.8) is 0 Å². The van der Waals surface area contributed by atoms with E-state index in [1.54, 1.807) is 39.5 Å². The Bertz CT molecular complexity index is 357. The Labute approximate surface area is 94.5 Å². The highest BCUT2D eigenvalue weighted by molar-refractivity contribution is 5.81. The number of nitrogens with one attached hydrogen (secondary N) is 1. The van der Waals surface area contributed by atoms with E-state index in [1.165, 1.54) is 0 Å². The van der Waals surface area contributed by atoms with E-state index in [9.17, 15) is 4.79 Å². The summed E-state index contributed by atoms with van der Waals surface area (Å²) in [6.45, 7) is 0. The second kappa shape index (κ2) is 5.37. The Balaban J connectivity index is 3.15. The van der Waals surface area contributed by atoms with E-state index in [0.717, 1.165) is 0 Å². The first-order valence-electron chi connectivity index (χ1n) is 4.82. The van der Waals surface area contributed by atoms with Crippen molar-refractivity contribution in [3.8, 4) is 11.5 Å². The molecule has 1 aromatic carbocycles. The zero-order chi connectivity index (χ0) is 12.1. The summed E-state index contributed by atoms with van der Waals surface area (Å²) in [4.78, 5) is 11.2. The maximum Gasteiger partial charge on any atom is 0.239 e. The molecule has 0 bridgehead atoms. The molecule has 0 fully saturated rings. The molecule has 0 aromatic heterocycles. The molecule has 0 radical (unpaired) electrons. The molecule has 0 heterocycles. The van der Waals surface area contributed by atoms with Gasteiger partial charge in [0.2, 0.25) is 5.91 Å². The van der Waals surface area contributed by atoms with Gasteiger partial charge in [-0.1, -0.05) is 0 Å². The summed E-state index contributed by atoms with van der Waals surface area (Å²) in [5.74, 6) is 0.796. The van der Waals surface area contributed by atoms with E-state index in [2.05, 4.69) is 5.32 Å². The van der Waals surface area contributed by atoms with Crippen LogP contribution in [-0.2, 0) is 4.79 Å². The minimum Gasteiger partial charge on any atom is -0.497 e. The number of rotatable bonds is 5. The lowest BCUT2D eigenvalue weighted by molar-refractivity contribution is -0.120. The molecule has 1 unspecified atom stereocenters. The van der Waals surface area contributed by atoms with Gasteiger partial charge in [0, 0.05) is 6.07 Å². The van der Waals surface area contributed by atoms with Crippen LogP contribution in [-0.4, -0.2) is 27.2 Å². The van der Waals surface area contributed by atoms with Crippen LogP contribution in [0.4, 0.5) is 0 Å². The first-order valence-corrected chi connectivity index (χ1v) is 4.82. The van der Waals surface area contributed by atoms with Gasteiger partial charge < -0.3 is 20.5 Å². The number of primary amides is 1. The average molecular weight is 224 g/mol. The van der Waals surface area contributed by atoms with Crippen LogP contribution >= 0.6 is 0 Å². The second-order valence-corrected chi connectivity index (χ2v) is 3.27. The Morgan fingerprint density at radius 2 is 1.75 bits per heavy atom. The fourth-order valence-corrected chi connectivity index (χ4v) is 1.47. The van der Waals surface area contributed by atoms with Crippen LogP contribution in [0.3, 0.4) is 0 Å². The molecule has 1 atom stereocenters. The predicted octanol–water partition coefficient (Wildman–Crippen LogP) is 0.450. The summed E-state index contributed by atoms with van der Waals surface area (Å²) in [6.07, 6.45) is 0. The predicted molar refractivity (Wildman–Crippen MR) is 60.5 cm³/mol. The van der Waals surface area contributed by atoms with Crippen LogP contribution in [0.2, 0.25) is 0 Å². The lowest BCUT2D eigenvalue weighted by Crippen LogP contribution is -2.31. The van der Waals surface area contributed by atoms with E-state index < -0.39 is 11.9 Å². The van der Waals surface area contributed by atoms with Crippen molar-refractivity contribution >= 4 is 5.91 Å². The number of nitrogens with two attached hydrogens (primary N) is 1. The zero-order valence-corrected chi connectivity index (χ0v) is 9.61. The Kier molecular flexibility index (Phi) is 4.13. The summed E-state index contributed by atoms with van der Waals surface area (Å²) in [6, 6.07) is 4.67. The zero-order valence-electron chi connectivity index (χ0n) is 9.61. The first kappa shape index (κ1) is 12.3. The fraction of sp³-hybridized carbons (Fsp3) is 0.364. The molecule has 88 valence electrons. The maximum absolute atomic E-state index is 11.2. The number of benzene rings is 1. The van der Waals surface area contributed by atoms with Crippen molar-refractivity contribution in [2.75, 3.05) is 21.3 Å². The highest BCUT2D eigenvalue weighted by Gasteiger charge is 2.17. The van der Waals surface area contributed by atoms with Crippen LogP contribution < -0.4 is 20.5 Å². The molecule has 0 saturated heterocycles. The van der Waals surface area contributed by atoms with Gasteiger partial charge in [-0.3, -0.25) is 4.79 Å². The van der Waals surface area contributed by atoms with Gasteiger partial charge in [-0.15, -0.1) is 0 Å². The molecule has 0 aliphatic carbocycles. The van der Waals surface area contributed by atoms with Crippen LogP contribution in [0, 0.1) is 0 Å². The maximum atomic E-state index is 11.2. The van der Waals surface area contributed by atoms with Gasteiger partial charge in [-0.25, -0.2) is 0 Å². The van der Waals surface area contributed by atoms with Crippen molar-refractivity contribution in [2.24, 2.45) is 5.73 Å². The summed E-state index contributed by atoms with van der Waals surface area (Å²) < 4.78 is 10.2. The molecule has 0 spiro atoms. The van der Waals surface area contributed by atoms with Crippen molar-refractivity contribution in [2.45, 2.75) is 6.04 Å². The number of hydrogen-bond donors (Lipinski definition) is 2. The lowest BCUT2D eigenvalue weighted by Gasteiger charge is -2.15. The number of carbonyl (C=O) groups excluding carboxylic acids is 1. The van der Waals surface area contributed by atoms with Crippen LogP contribution in [0.1, 0.15) is 11.6 Å². The molecule has 0 aliphatic heterocycles. The van der Waals surface area contributed by atoms with E-state index in [1.807, 2.05) is 0 Å². The van der Waals surface area contributed by atoms with E-state index >= 15 is 0 Å². The monoisotopic (exact) mass is 224 g/mol. The highest BCUT2D eigenvalue weighted by Crippen LogP contribution is 2.26. The molecule has 5 nitrogen and oxygen atoms in total. The third-order valence-electron chi connectivity index (χ3n) is 2.28. The topological polar surface area (TPSA) is 73.6 Å². The largest absolute Gasteiger partial charge is 0.497 e. The molecule has 1 amide bonds. The van der Waals surface area contributed by atoms with Gasteiger partial charge in [0.1, 0.15) is 17.5 Å². The van der Waals surface area contributed by atoms with E-state index in [4.69, 9.17) is 15.2 Å². The number of carbonyl (C=O) groups is 1. The fourth-order valence-electron chi connectivity index (χ4n) is 1.47. The van der Waals surface area contributed by atoms with Crippen molar-refractivity contribution in [1.29, 1.82) is 0 Å². The Hall–Kier alpha value is -1.75. The number of methoxy groups -OCH3 is 2. The Morgan fingerprint density at radius 3 is 2.06 bits per heavy atom. The molecule has 1 rings (SSSR count). The van der Waals surface area contributed by atoms with Crippen LogP contribution in [0.5, 0.6) is 11.5 Å². The summed E-state index contributed by atoms with van der Waals surface area (Å²) in [7, 11) is 4.77. The van der Waals surface area contributed by atoms with Crippen LogP contribution in [0.25, 0.3) is 0 Å². The molecule has 3 N–H and O–H groups in total. The molecule has 1 aromatic rings. The third-order valence-corrected chi connectivity index (χ3v) is 2.28. The summed E-state index contributed by atoms with van der Waals surface area (Å²) in [5.41, 5.74) is 5.99. The first-order chi connectivity index (χ1) is 7.62. The van der Waals surface area contributed by atoms with Crippen molar-refractivity contribution in [3.05, 3.63) is 23.8 Å². The smallest absolute Gasteiger partial charge is 0.239 e. The molecule has 5 heteroatoms. The molecule has 0 saturated carbocycles. The van der Waals surface area contributed by atoms with Gasteiger partial charge >= 0.3 is 0 Å². The van der Waals surface area contributed by atoms with Gasteiger partial charge in [-0.2, -0.15) is 0 Å². The number of amides is 1. The summed E-state index contributed by atoms with van der Waals surface area (Å²) >= 11 is 0. The van der Waals surface area contributed by atoms with Gasteiger partial charge in [0.25, 0.3) is 0 Å². The molecule has 16 heavy (non-hydrogen) atoms. The van der Waals surface area contributed by atoms with E-state index in [0.29, 0.717) is 17.1 Å². The minimum absolute atomic E-state index is 0.446. The number of hydrogen-bond acceptors (Lipinski definition) is 4. The van der Waals surface area contributed by atoms with Crippen molar-refractivity contribution < 1.29 is 14.3 Å². The van der Waals surface area contributed by atoms with Gasteiger partial charge in [0.05, 0.1) is 14.2 Å². The SMILES string of the molecule is CNC(C(N)=O)c1cc(OC)cc(OC)c1. The average Bonchev–Trinajstić information content (AvgIpc) is 2.29. The van der Waals surface area contributed by atoms with Gasteiger partial charge in [-0.05, 0) is 24.7 Å². The summed E-state index contributed by atoms with van der Waals surface area (Å²) in [5, 5.41) is 2.83.